The molecule has 142 valence electrons. The molecular formula is C19H19ClFN3O2S. The normalized spacial score (nSPS) is 17.7. The van der Waals surface area contributed by atoms with E-state index in [1.54, 1.807) is 11.5 Å². The van der Waals surface area contributed by atoms with Gasteiger partial charge in [-0.1, -0.05) is 0 Å². The van der Waals surface area contributed by atoms with Gasteiger partial charge in [0.2, 0.25) is 0 Å². The zero-order valence-electron chi connectivity index (χ0n) is 14.7. The first-order valence-electron chi connectivity index (χ1n) is 8.76. The molecule has 2 fully saturated rings. The van der Waals surface area contributed by atoms with E-state index in [2.05, 4.69) is 4.98 Å². The third-order valence-electron chi connectivity index (χ3n) is 5.46. The second kappa shape index (κ2) is 6.02. The maximum Gasteiger partial charge on any atom is 0.329 e. The van der Waals surface area contributed by atoms with Crippen LogP contribution < -0.4 is 17.0 Å². The van der Waals surface area contributed by atoms with Crippen LogP contribution in [0.4, 0.5) is 4.39 Å². The van der Waals surface area contributed by atoms with Crippen LogP contribution in [0.3, 0.4) is 0 Å². The summed E-state index contributed by atoms with van der Waals surface area (Å²) in [5.74, 6) is -0.447. The fourth-order valence-electron chi connectivity index (χ4n) is 3.68. The van der Waals surface area contributed by atoms with Crippen LogP contribution in [0.2, 0.25) is 0 Å². The van der Waals surface area contributed by atoms with E-state index in [9.17, 15) is 14.0 Å². The van der Waals surface area contributed by atoms with Gasteiger partial charge in [0.25, 0.3) is 5.56 Å². The van der Waals surface area contributed by atoms with Crippen molar-refractivity contribution in [2.45, 2.75) is 44.2 Å². The van der Waals surface area contributed by atoms with Crippen LogP contribution >= 0.6 is 23.7 Å². The van der Waals surface area contributed by atoms with Gasteiger partial charge in [0, 0.05) is 21.4 Å². The number of aryl methyl sites for hydroxylation is 1. The van der Waals surface area contributed by atoms with Gasteiger partial charge < -0.3 is 5.73 Å². The van der Waals surface area contributed by atoms with Crippen LogP contribution in [0.15, 0.2) is 27.8 Å². The maximum atomic E-state index is 15.0. The summed E-state index contributed by atoms with van der Waals surface area (Å²) in [6, 6.07) is 5.18. The molecule has 1 aromatic carbocycles. The highest BCUT2D eigenvalue weighted by Crippen LogP contribution is 2.48. The van der Waals surface area contributed by atoms with Crippen molar-refractivity contribution in [1.82, 2.24) is 9.55 Å². The van der Waals surface area contributed by atoms with E-state index in [0.717, 1.165) is 35.4 Å². The predicted molar refractivity (Wildman–Crippen MR) is 107 cm³/mol. The van der Waals surface area contributed by atoms with E-state index in [4.69, 9.17) is 5.73 Å². The van der Waals surface area contributed by atoms with Gasteiger partial charge in [0.15, 0.2) is 0 Å². The van der Waals surface area contributed by atoms with Crippen molar-refractivity contribution in [2.24, 2.45) is 5.73 Å². The highest BCUT2D eigenvalue weighted by Gasteiger charge is 2.41. The molecule has 0 amide bonds. The SMILES string of the molecule is Cc1c(-c2ccc(C3(N)CC3)s2)c(F)cc2c(=O)[nH]c(=O)n(C3CC3)c12.Cl. The van der Waals surface area contributed by atoms with Crippen molar-refractivity contribution < 1.29 is 4.39 Å². The molecule has 5 nitrogen and oxygen atoms in total. The van der Waals surface area contributed by atoms with Crippen LogP contribution in [-0.4, -0.2) is 9.55 Å². The average molecular weight is 408 g/mol. The molecule has 5 rings (SSSR count). The second-order valence-electron chi connectivity index (χ2n) is 7.44. The minimum atomic E-state index is -0.541. The molecule has 8 heteroatoms. The molecule has 2 heterocycles. The summed E-state index contributed by atoms with van der Waals surface area (Å²) < 4.78 is 16.6. The lowest BCUT2D eigenvalue weighted by Gasteiger charge is -2.14. The number of aromatic nitrogens is 2. The number of benzene rings is 1. The number of rotatable bonds is 3. The Bertz CT molecular complexity index is 1190. The molecule has 2 saturated carbocycles. The van der Waals surface area contributed by atoms with Crippen LogP contribution in [0.25, 0.3) is 21.3 Å². The Morgan fingerprint density at radius 3 is 2.63 bits per heavy atom. The molecule has 0 atom stereocenters. The van der Waals surface area contributed by atoms with Gasteiger partial charge in [-0.3, -0.25) is 14.3 Å². The van der Waals surface area contributed by atoms with Crippen LogP contribution in [0.5, 0.6) is 0 Å². The second-order valence-corrected chi connectivity index (χ2v) is 8.52. The molecule has 0 spiro atoms. The van der Waals surface area contributed by atoms with E-state index in [1.807, 2.05) is 12.1 Å². The Hall–Kier alpha value is -1.96. The fourth-order valence-corrected chi connectivity index (χ4v) is 4.95. The first-order valence-corrected chi connectivity index (χ1v) is 9.58. The summed E-state index contributed by atoms with van der Waals surface area (Å²) in [6.45, 7) is 1.78. The molecule has 2 aliphatic carbocycles. The Kier molecular flexibility index (Phi) is 4.10. The van der Waals surface area contributed by atoms with Crippen LogP contribution in [0, 0.1) is 12.7 Å². The van der Waals surface area contributed by atoms with Crippen LogP contribution in [0.1, 0.15) is 42.2 Å². The Balaban J connectivity index is 0.00000180. The minimum absolute atomic E-state index is 0. The van der Waals surface area contributed by atoms with E-state index in [-0.39, 0.29) is 29.4 Å². The summed E-state index contributed by atoms with van der Waals surface area (Å²) in [7, 11) is 0. The number of hydrogen-bond acceptors (Lipinski definition) is 4. The average Bonchev–Trinajstić information content (AvgIpc) is 3.50. The van der Waals surface area contributed by atoms with Gasteiger partial charge in [-0.2, -0.15) is 0 Å². The zero-order valence-corrected chi connectivity index (χ0v) is 16.3. The Morgan fingerprint density at radius 1 is 1.30 bits per heavy atom. The number of aromatic amines is 1. The van der Waals surface area contributed by atoms with Crippen LogP contribution in [-0.2, 0) is 5.54 Å². The van der Waals surface area contributed by atoms with Gasteiger partial charge in [-0.05, 0) is 56.4 Å². The maximum absolute atomic E-state index is 15.0. The summed E-state index contributed by atoms with van der Waals surface area (Å²) in [4.78, 5) is 28.8. The van der Waals surface area contributed by atoms with E-state index in [0.29, 0.717) is 16.6 Å². The number of halogens is 2. The molecule has 2 aromatic heterocycles. The number of nitrogens with one attached hydrogen (secondary N) is 1. The molecule has 27 heavy (non-hydrogen) atoms. The lowest BCUT2D eigenvalue weighted by Crippen LogP contribution is -2.30. The van der Waals surface area contributed by atoms with Gasteiger partial charge >= 0.3 is 5.69 Å². The van der Waals surface area contributed by atoms with Crippen molar-refractivity contribution in [1.29, 1.82) is 0 Å². The van der Waals surface area contributed by atoms with Crippen molar-refractivity contribution in [2.75, 3.05) is 0 Å². The molecule has 2 aliphatic rings. The largest absolute Gasteiger partial charge is 0.329 e. The van der Waals surface area contributed by atoms with E-state index >= 15 is 0 Å². The Morgan fingerprint density at radius 2 is 2.00 bits per heavy atom. The van der Waals surface area contributed by atoms with Gasteiger partial charge in [-0.15, -0.1) is 23.7 Å². The van der Waals surface area contributed by atoms with Crippen molar-refractivity contribution in [3.63, 3.8) is 0 Å². The monoisotopic (exact) mass is 407 g/mol. The summed E-state index contributed by atoms with van der Waals surface area (Å²) in [5.41, 5.74) is 6.67. The summed E-state index contributed by atoms with van der Waals surface area (Å²) in [6.07, 6.45) is 3.68. The topological polar surface area (TPSA) is 80.9 Å². The van der Waals surface area contributed by atoms with Gasteiger partial charge in [0.05, 0.1) is 16.4 Å². The molecule has 0 saturated heterocycles. The Labute approximate surface area is 164 Å². The minimum Gasteiger partial charge on any atom is -0.321 e. The van der Waals surface area contributed by atoms with Crippen molar-refractivity contribution in [3.05, 3.63) is 55.3 Å². The third kappa shape index (κ3) is 2.76. The lowest BCUT2D eigenvalue weighted by molar-refractivity contribution is 0.630. The lowest BCUT2D eigenvalue weighted by atomic mass is 10.0. The standard InChI is InChI=1S/C19H18FN3O2S.ClH/c1-9-15(13-4-5-14(26-13)19(21)6-7-19)12(20)8-11-16(9)23(10-2-3-10)18(25)22-17(11)24;/h4-5,8,10H,2-3,6-7,21H2,1H3,(H,22,24,25);1H. The van der Waals surface area contributed by atoms with Gasteiger partial charge in [0.1, 0.15) is 5.82 Å². The summed E-state index contributed by atoms with van der Waals surface area (Å²) >= 11 is 1.49. The molecule has 0 unspecified atom stereocenters. The highest BCUT2D eigenvalue weighted by molar-refractivity contribution is 7.15. The quantitative estimate of drug-likeness (QED) is 0.696. The zero-order chi connectivity index (χ0) is 18.2. The highest BCUT2D eigenvalue weighted by atomic mass is 35.5. The molecule has 3 N–H and O–H groups in total. The fraction of sp³-hybridized carbons (Fsp3) is 0.368. The number of fused-ring (bicyclic) bond motifs is 1. The molecule has 3 aromatic rings. The smallest absolute Gasteiger partial charge is 0.321 e. The molecule has 0 radical (unpaired) electrons. The first kappa shape index (κ1) is 18.4. The number of thiophene rings is 1. The first-order chi connectivity index (χ1) is 12.4. The van der Waals surface area contributed by atoms with E-state index in [1.165, 1.54) is 17.4 Å². The number of H-pyrrole nitrogens is 1. The van der Waals surface area contributed by atoms with Crippen molar-refractivity contribution in [3.8, 4) is 10.4 Å². The van der Waals surface area contributed by atoms with Gasteiger partial charge in [-0.25, -0.2) is 9.18 Å². The molecule has 0 aliphatic heterocycles. The third-order valence-corrected chi connectivity index (χ3v) is 6.79. The number of nitrogens with two attached hydrogens (primary N) is 1. The van der Waals surface area contributed by atoms with Crippen molar-refractivity contribution >= 4 is 34.6 Å². The number of nitrogens with zero attached hydrogens (tertiary/aromatic N) is 1. The number of hydrogen-bond donors (Lipinski definition) is 2. The predicted octanol–water partition coefficient (Wildman–Crippen LogP) is 3.57. The van der Waals surface area contributed by atoms with E-state index < -0.39 is 17.1 Å². The molecular weight excluding hydrogens is 389 g/mol. The molecule has 0 bridgehead atoms. The summed E-state index contributed by atoms with van der Waals surface area (Å²) in [5, 5.41) is 0.226.